The second-order valence-corrected chi connectivity index (χ2v) is 32.8. The minimum absolute atomic E-state index is 0.0759. The molecule has 0 aromatic heterocycles. The fourth-order valence-corrected chi connectivity index (χ4v) is 15.8. The molecule has 0 spiro atoms. The number of aromatic hydroxyl groups is 3. The molecular formula is C86H95Cl2F3N12O25. The van der Waals surface area contributed by atoms with E-state index in [9.17, 15) is 78.3 Å². The Morgan fingerprint density at radius 2 is 1.38 bits per heavy atom. The summed E-state index contributed by atoms with van der Waals surface area (Å²) >= 11 is 14.4. The van der Waals surface area contributed by atoms with Crippen LogP contribution in [0.4, 0.5) is 24.5 Å². The molecule has 42 heteroatoms. The van der Waals surface area contributed by atoms with E-state index >= 15 is 24.0 Å². The smallest absolute Gasteiger partial charge is 0.416 e. The Balaban J connectivity index is 1.01. The second kappa shape index (κ2) is 39.7. The molecular weight excluding hydrogens is 1730 g/mol. The van der Waals surface area contributed by atoms with Crippen molar-refractivity contribution in [3.8, 4) is 57.1 Å². The number of nitrogens with two attached hydrogens (primary N) is 1. The number of hydrogen-bond donors (Lipinski definition) is 20. The molecule has 7 heterocycles. The van der Waals surface area contributed by atoms with Crippen molar-refractivity contribution in [2.45, 2.75) is 169 Å². The number of anilines is 2. The molecule has 9 amide bonds. The summed E-state index contributed by atoms with van der Waals surface area (Å²) in [6.07, 6.45) is -23.4. The molecule has 2 saturated heterocycles. The number of carbonyl (C=O) groups is 9. The van der Waals surface area contributed by atoms with Crippen LogP contribution >= 0.6 is 23.2 Å². The number of likely N-dealkylation sites (N-methyl/N-ethyl adjacent to an activating group) is 1. The lowest BCUT2D eigenvalue weighted by atomic mass is 9.84. The van der Waals surface area contributed by atoms with E-state index in [2.05, 4.69) is 59.9 Å². The molecule has 7 aliphatic rings. The number of primary amides is 1. The van der Waals surface area contributed by atoms with Gasteiger partial charge in [0, 0.05) is 66.7 Å². The molecule has 18 atom stereocenters. The van der Waals surface area contributed by atoms with Gasteiger partial charge in [0.2, 0.25) is 53.4 Å². The first-order valence-corrected chi connectivity index (χ1v) is 40.8. The van der Waals surface area contributed by atoms with Gasteiger partial charge in [-0.1, -0.05) is 73.5 Å². The summed E-state index contributed by atoms with van der Waals surface area (Å²) < 4.78 is 81.6. The minimum Gasteiger partial charge on any atom is -0.508 e. The van der Waals surface area contributed by atoms with Gasteiger partial charge in [-0.15, -0.1) is 6.58 Å². The molecule has 0 aliphatic carbocycles. The van der Waals surface area contributed by atoms with Gasteiger partial charge in [-0.2, -0.15) is 13.2 Å². The lowest BCUT2D eigenvalue weighted by Gasteiger charge is -2.48. The Labute approximate surface area is 738 Å². The Bertz CT molecular complexity index is 5430. The summed E-state index contributed by atoms with van der Waals surface area (Å²) in [6.45, 7) is 8.79. The van der Waals surface area contributed by atoms with Gasteiger partial charge in [0.05, 0.1) is 53.5 Å². The van der Waals surface area contributed by atoms with Gasteiger partial charge in [0.1, 0.15) is 95.5 Å². The van der Waals surface area contributed by atoms with Crippen LogP contribution in [-0.2, 0) is 70.1 Å². The van der Waals surface area contributed by atoms with Gasteiger partial charge in [0.15, 0.2) is 23.9 Å². The minimum atomic E-state index is -4.79. The average Bonchev–Trinajstić information content (AvgIpc) is 0.776. The normalized spacial score (nSPS) is 25.7. The van der Waals surface area contributed by atoms with Gasteiger partial charge in [-0.3, -0.25) is 48.0 Å². The summed E-state index contributed by atoms with van der Waals surface area (Å²) in [5.74, 6) is -16.6. The van der Waals surface area contributed by atoms with Crippen LogP contribution in [-0.4, -0.2) is 212 Å². The topological polar surface area (TPSA) is 550 Å². The Morgan fingerprint density at radius 1 is 0.734 bits per heavy atom. The molecule has 37 nitrogen and oxygen atoms in total. The zero-order valence-corrected chi connectivity index (χ0v) is 70.9. The fourth-order valence-electron chi connectivity index (χ4n) is 15.3. The molecule has 11 bridgehead atoms. The largest absolute Gasteiger partial charge is 0.508 e. The lowest BCUT2D eigenvalue weighted by Crippen LogP contribution is -2.65. The zero-order valence-electron chi connectivity index (χ0n) is 69.4. The first kappa shape index (κ1) is 95.1. The zero-order chi connectivity index (χ0) is 93.0. The van der Waals surface area contributed by atoms with Gasteiger partial charge in [-0.05, 0) is 152 Å². The molecule has 7 aromatic carbocycles. The van der Waals surface area contributed by atoms with E-state index in [-0.39, 0.29) is 65.5 Å². The number of hydrogen-bond acceptors (Lipinski definition) is 28. The van der Waals surface area contributed by atoms with E-state index in [1.165, 1.54) is 69.4 Å². The molecule has 7 aliphatic heterocycles. The van der Waals surface area contributed by atoms with E-state index in [4.69, 9.17) is 62.2 Å². The highest BCUT2D eigenvalue weighted by Crippen LogP contribution is 2.50. The number of halogens is 5. The number of rotatable bonds is 22. The number of alkyl halides is 3. The summed E-state index contributed by atoms with van der Waals surface area (Å²) in [7, 11) is 4.49. The summed E-state index contributed by atoms with van der Waals surface area (Å²) in [5, 5.41) is 130. The predicted octanol–water partition coefficient (Wildman–Crippen LogP) is 4.42. The molecule has 2 fully saturated rings. The Morgan fingerprint density at radius 3 is 2.01 bits per heavy atom. The van der Waals surface area contributed by atoms with Crippen molar-refractivity contribution in [1.82, 2.24) is 48.0 Å². The van der Waals surface area contributed by atoms with Crippen molar-refractivity contribution in [1.29, 1.82) is 0 Å². The first-order chi connectivity index (χ1) is 60.5. The fraction of sp³-hybridized carbons (Fsp3) is 0.384. The SMILES string of the molecule is C=CCONC(=O)[C@@H]1NC(=O)C2NC(=O)C(NC(=O)C3NC(=O)C(CC(N)=O)NC(=O)C(NC(=O)C(CC(C)C)NC)C(O)c4ccc(c(Cl)c4)Oc4cc3cc(c4OC3OC(CO)C(O)C(O)C3OC3C[C@@](C)(NCc4cccc(NC(=O)c5cc(N(C)C)cc(C(F)(F)F)c5)c4)C(O)C(C)O3)Oc3ccc(cc3Cl)C2O)c2ccc(O)c(c2)-c2c(O)cc(O)cc21. The molecule has 14 rings (SSSR count). The number of hydroxylamine groups is 1. The number of fused-ring (bicyclic) bond motifs is 15. The van der Waals surface area contributed by atoms with E-state index in [0.717, 1.165) is 78.9 Å². The number of phenols is 3. The maximum Gasteiger partial charge on any atom is 0.416 e. The number of ether oxygens (including phenoxy) is 6. The van der Waals surface area contributed by atoms with Crippen molar-refractivity contribution in [2.24, 2.45) is 11.7 Å². The van der Waals surface area contributed by atoms with Crippen LogP contribution in [0.25, 0.3) is 11.1 Å². The van der Waals surface area contributed by atoms with Crippen LogP contribution in [0.5, 0.6) is 46.0 Å². The molecule has 7 aromatic rings. The van der Waals surface area contributed by atoms with Crippen molar-refractivity contribution in [3.05, 3.63) is 189 Å². The van der Waals surface area contributed by atoms with Crippen molar-refractivity contribution < 1.29 is 136 Å². The number of phenolic OH excluding ortho intramolecular Hbond substituents is 3. The Hall–Kier alpha value is -12.0. The van der Waals surface area contributed by atoms with Crippen LogP contribution in [0.2, 0.25) is 10.0 Å². The molecule has 0 radical (unpaired) electrons. The van der Waals surface area contributed by atoms with Crippen molar-refractivity contribution >= 4 is 87.7 Å². The third-order valence-corrected chi connectivity index (χ3v) is 22.6. The number of aliphatic hydroxyl groups excluding tert-OH is 6. The monoisotopic (exact) mass is 1820 g/mol. The second-order valence-electron chi connectivity index (χ2n) is 32.0. The number of benzene rings is 7. The van der Waals surface area contributed by atoms with Gasteiger partial charge >= 0.3 is 6.18 Å². The third-order valence-electron chi connectivity index (χ3n) is 22.0. The van der Waals surface area contributed by atoms with Crippen LogP contribution in [0.1, 0.15) is 127 Å². The highest BCUT2D eigenvalue weighted by Gasteiger charge is 2.53. The van der Waals surface area contributed by atoms with E-state index in [1.54, 1.807) is 32.9 Å². The molecule has 128 heavy (non-hydrogen) atoms. The maximum atomic E-state index is 16.4. The van der Waals surface area contributed by atoms with Gasteiger partial charge in [-0.25, -0.2) is 5.48 Å². The van der Waals surface area contributed by atoms with E-state index in [0.29, 0.717) is 5.56 Å². The quantitative estimate of drug-likeness (QED) is 0.0254. The number of nitrogens with zero attached hydrogens (tertiary/aromatic N) is 1. The molecule has 16 unspecified atom stereocenters. The predicted molar refractivity (Wildman–Crippen MR) is 449 cm³/mol. The van der Waals surface area contributed by atoms with E-state index in [1.807, 2.05) is 0 Å². The number of aliphatic hydroxyl groups is 6. The van der Waals surface area contributed by atoms with Gasteiger partial charge in [0.25, 0.3) is 11.8 Å². The molecule has 21 N–H and O–H groups in total. The standard InChI is InChI=1S/C86H95Cl2F3N12O25/c1-9-19-122-102-83(121)66-49-30-47(105)31-55(107)63(49)48-24-39(13-16-54(48)106)64-79(117)101-68(82(120)99-66)70(110)41-15-18-57(51(88)26-41)125-59-28-42-27-58(124-56-17-14-40(25-50(56)87)69(109)67(100-77(115)52(93-6)20-36(2)3)81(119)96-53(32-61(92)108)78(116)97-65(42)80(118)98-64)73(59)128-84-74(72(112)71(111)60(35-104)126-84)127-62-33-85(5,75(113)37(4)123-62)94-34-38-11-10-12-45(21-38)95-76(114)43-22-44(86(89,90)91)29-46(23-43)103(7)8/h9-18,21-31,36-37,52-53,60,62,64-72,74-75,84,93-94,104-107,109-113H,1,19-20,32-35H2,2-8H3,(H2,92,108)(H,95,114)(H,96,119)(H,97,116)(H,98,118)(H,99,120)(H,100,115)(H,101,117)(H,102,121)/t37?,52?,53?,60?,62?,64?,65?,66-,67?,68?,69?,70?,71?,72?,74?,75?,84?,85-/m1/s1. The average molecular weight is 1820 g/mol. The van der Waals surface area contributed by atoms with Crippen molar-refractivity contribution in [3.63, 3.8) is 0 Å². The van der Waals surface area contributed by atoms with Crippen LogP contribution in [0.15, 0.2) is 134 Å². The van der Waals surface area contributed by atoms with Crippen LogP contribution in [0.3, 0.4) is 0 Å². The highest BCUT2D eigenvalue weighted by atomic mass is 35.5. The molecule has 0 saturated carbocycles. The third kappa shape index (κ3) is 21.4. The Kier molecular flexibility index (Phi) is 29.5. The summed E-state index contributed by atoms with van der Waals surface area (Å²) in [4.78, 5) is 140. The molecule has 684 valence electrons. The number of nitrogens with one attached hydrogen (secondary N) is 10. The number of carbonyl (C=O) groups excluding carboxylic acids is 9. The van der Waals surface area contributed by atoms with Gasteiger partial charge < -0.3 is 133 Å². The van der Waals surface area contributed by atoms with Crippen LogP contribution in [0, 0.1) is 5.92 Å². The summed E-state index contributed by atoms with van der Waals surface area (Å²) in [6, 6.07) is 8.42. The summed E-state index contributed by atoms with van der Waals surface area (Å²) in [5.41, 5.74) is 3.10. The van der Waals surface area contributed by atoms with E-state index < -0.39 is 265 Å². The lowest BCUT2D eigenvalue weighted by molar-refractivity contribution is -0.334. The number of amides is 9. The van der Waals surface area contributed by atoms with Crippen LogP contribution < -0.4 is 78.2 Å². The maximum absolute atomic E-state index is 16.4. The van der Waals surface area contributed by atoms with Crippen molar-refractivity contribution in [2.75, 3.05) is 44.6 Å². The first-order valence-electron chi connectivity index (χ1n) is 40.1. The highest BCUT2D eigenvalue weighted by molar-refractivity contribution is 6.32.